The lowest BCUT2D eigenvalue weighted by Gasteiger charge is -2.05. The van der Waals surface area contributed by atoms with Gasteiger partial charge >= 0.3 is 0 Å². The van der Waals surface area contributed by atoms with Gasteiger partial charge in [-0.15, -0.1) is 0 Å². The van der Waals surface area contributed by atoms with Crippen molar-refractivity contribution in [1.82, 2.24) is 14.8 Å². The van der Waals surface area contributed by atoms with Gasteiger partial charge in [0, 0.05) is 11.6 Å². The Morgan fingerprint density at radius 2 is 2.16 bits per heavy atom. The molecule has 98 valence electrons. The van der Waals surface area contributed by atoms with Crippen LogP contribution in [0.2, 0.25) is 0 Å². The van der Waals surface area contributed by atoms with E-state index in [2.05, 4.69) is 10.1 Å². The van der Waals surface area contributed by atoms with Gasteiger partial charge in [0.2, 0.25) is 0 Å². The molecule has 2 aromatic rings. The molecule has 9 heteroatoms. The van der Waals surface area contributed by atoms with Gasteiger partial charge in [-0.2, -0.15) is 5.10 Å². The first kappa shape index (κ1) is 13.4. The zero-order valence-electron chi connectivity index (χ0n) is 9.23. The van der Waals surface area contributed by atoms with Crippen molar-refractivity contribution in [3.05, 3.63) is 46.5 Å². The molecule has 19 heavy (non-hydrogen) atoms. The second kappa shape index (κ2) is 5.33. The molecular formula is C10H6Cl2N4O3. The van der Waals surface area contributed by atoms with Gasteiger partial charge in [-0.05, 0) is 12.1 Å². The van der Waals surface area contributed by atoms with Crippen molar-refractivity contribution >= 4 is 34.7 Å². The van der Waals surface area contributed by atoms with Gasteiger partial charge in [0.05, 0.1) is 4.92 Å². The summed E-state index contributed by atoms with van der Waals surface area (Å²) in [5.41, 5.74) is -0.0318. The minimum Gasteiger partial charge on any atom is -0.291 e. The molecular weight excluding hydrogens is 295 g/mol. The van der Waals surface area contributed by atoms with E-state index in [1.165, 1.54) is 29.5 Å². The monoisotopic (exact) mass is 300 g/mol. The lowest BCUT2D eigenvalue weighted by Crippen LogP contribution is -2.10. The van der Waals surface area contributed by atoms with Crippen LogP contribution in [0.4, 0.5) is 5.69 Å². The lowest BCUT2D eigenvalue weighted by atomic mass is 10.1. The Morgan fingerprint density at radius 3 is 2.68 bits per heavy atom. The Kier molecular flexibility index (Phi) is 3.77. The lowest BCUT2D eigenvalue weighted by molar-refractivity contribution is -0.384. The second-order valence-electron chi connectivity index (χ2n) is 3.47. The number of benzene rings is 1. The molecule has 1 aromatic carbocycles. The summed E-state index contributed by atoms with van der Waals surface area (Å²) in [6.07, 6.45) is 2.56. The van der Waals surface area contributed by atoms with Gasteiger partial charge in [0.1, 0.15) is 18.3 Å². The maximum absolute atomic E-state index is 11.6. The molecule has 1 aromatic heterocycles. The number of hydrogen-bond acceptors (Lipinski definition) is 5. The molecule has 0 amide bonds. The van der Waals surface area contributed by atoms with E-state index in [1.807, 2.05) is 0 Å². The van der Waals surface area contributed by atoms with Gasteiger partial charge < -0.3 is 0 Å². The summed E-state index contributed by atoms with van der Waals surface area (Å²) in [4.78, 5) is 24.4. The van der Waals surface area contributed by atoms with Crippen LogP contribution in [0, 0.1) is 10.1 Å². The third kappa shape index (κ3) is 2.72. The molecule has 0 spiro atoms. The zero-order chi connectivity index (χ0) is 14.0. The largest absolute Gasteiger partial charge is 0.295 e. The first-order chi connectivity index (χ1) is 9.00. The first-order valence-electron chi connectivity index (χ1n) is 4.96. The fourth-order valence-electron chi connectivity index (χ4n) is 1.48. The number of ketones is 1. The van der Waals surface area contributed by atoms with Crippen LogP contribution in [0.5, 0.6) is 0 Å². The standard InChI is InChI=1S/C10H6Cl2N4O3/c11-10(12)9(17)6-1-2-7(8(3-6)16(18)19)15-5-13-4-14-15/h1-5,10H. The van der Waals surface area contributed by atoms with Crippen LogP contribution in [-0.4, -0.2) is 30.3 Å². The quantitative estimate of drug-likeness (QED) is 0.373. The summed E-state index contributed by atoms with van der Waals surface area (Å²) in [7, 11) is 0. The number of carbonyl (C=O) groups excluding carboxylic acids is 1. The highest BCUT2D eigenvalue weighted by Gasteiger charge is 2.21. The van der Waals surface area contributed by atoms with Gasteiger partial charge in [-0.1, -0.05) is 23.2 Å². The number of nitro benzene ring substituents is 1. The Bertz CT molecular complexity index is 628. The number of halogens is 2. The van der Waals surface area contributed by atoms with Crippen molar-refractivity contribution in [3.63, 3.8) is 0 Å². The van der Waals surface area contributed by atoms with E-state index in [-0.39, 0.29) is 16.9 Å². The molecule has 0 bridgehead atoms. The summed E-state index contributed by atoms with van der Waals surface area (Å²) in [5.74, 6) is -0.600. The van der Waals surface area contributed by atoms with Crippen molar-refractivity contribution in [2.75, 3.05) is 0 Å². The number of nitrogens with zero attached hydrogens (tertiary/aromatic N) is 4. The number of carbonyl (C=O) groups is 1. The third-order valence-corrected chi connectivity index (χ3v) is 2.72. The number of aromatic nitrogens is 3. The van der Waals surface area contributed by atoms with Crippen molar-refractivity contribution in [2.24, 2.45) is 0 Å². The van der Waals surface area contributed by atoms with E-state index in [1.54, 1.807) is 0 Å². The van der Waals surface area contributed by atoms with E-state index in [0.29, 0.717) is 0 Å². The van der Waals surface area contributed by atoms with E-state index < -0.39 is 15.5 Å². The number of Topliss-reactive ketones (excluding diaryl/α,β-unsaturated/α-hetero) is 1. The van der Waals surface area contributed by atoms with Gasteiger partial charge in [0.15, 0.2) is 10.6 Å². The van der Waals surface area contributed by atoms with Crippen LogP contribution >= 0.6 is 23.2 Å². The zero-order valence-corrected chi connectivity index (χ0v) is 10.7. The van der Waals surface area contributed by atoms with Gasteiger partial charge in [-0.3, -0.25) is 14.9 Å². The number of hydrogen-bond donors (Lipinski definition) is 0. The Balaban J connectivity index is 2.54. The first-order valence-corrected chi connectivity index (χ1v) is 5.84. The molecule has 0 aliphatic rings. The molecule has 0 saturated carbocycles. The molecule has 2 rings (SSSR count). The minimum absolute atomic E-state index is 0.0607. The average molecular weight is 301 g/mol. The molecule has 1 heterocycles. The van der Waals surface area contributed by atoms with Crippen LogP contribution in [0.15, 0.2) is 30.9 Å². The fraction of sp³-hybridized carbons (Fsp3) is 0.100. The molecule has 0 aliphatic heterocycles. The molecule has 0 fully saturated rings. The maximum atomic E-state index is 11.6. The maximum Gasteiger partial charge on any atom is 0.295 e. The smallest absolute Gasteiger partial charge is 0.291 e. The minimum atomic E-state index is -1.27. The molecule has 7 nitrogen and oxygen atoms in total. The van der Waals surface area contributed by atoms with E-state index in [9.17, 15) is 14.9 Å². The summed E-state index contributed by atoms with van der Waals surface area (Å²) >= 11 is 10.9. The summed E-state index contributed by atoms with van der Waals surface area (Å²) in [6, 6.07) is 3.89. The Labute approximate surface area is 116 Å². The fourth-order valence-corrected chi connectivity index (χ4v) is 1.73. The normalized spacial score (nSPS) is 10.7. The van der Waals surface area contributed by atoms with Crippen molar-refractivity contribution in [1.29, 1.82) is 0 Å². The van der Waals surface area contributed by atoms with E-state index in [4.69, 9.17) is 23.2 Å². The van der Waals surface area contributed by atoms with E-state index >= 15 is 0 Å². The number of alkyl halides is 2. The van der Waals surface area contributed by atoms with Gasteiger partial charge in [-0.25, -0.2) is 9.67 Å². The predicted octanol–water partition coefficient (Wildman–Crippen LogP) is 2.16. The molecule has 0 radical (unpaired) electrons. The molecule has 0 saturated heterocycles. The van der Waals surface area contributed by atoms with Crippen LogP contribution in [0.1, 0.15) is 10.4 Å². The summed E-state index contributed by atoms with van der Waals surface area (Å²) in [6.45, 7) is 0. The van der Waals surface area contributed by atoms with Crippen LogP contribution in [0.25, 0.3) is 5.69 Å². The molecule has 0 aliphatic carbocycles. The SMILES string of the molecule is O=C(c1ccc(-n2cncn2)c([N+](=O)[O-])c1)C(Cl)Cl. The molecule has 0 atom stereocenters. The van der Waals surface area contributed by atoms with Crippen molar-refractivity contribution in [2.45, 2.75) is 4.84 Å². The topological polar surface area (TPSA) is 90.9 Å². The second-order valence-corrected chi connectivity index (χ2v) is 4.56. The Hall–Kier alpha value is -1.99. The third-order valence-electron chi connectivity index (χ3n) is 2.32. The Morgan fingerprint density at radius 1 is 1.42 bits per heavy atom. The van der Waals surface area contributed by atoms with Crippen LogP contribution in [-0.2, 0) is 0 Å². The average Bonchev–Trinajstić information content (AvgIpc) is 2.90. The number of rotatable bonds is 4. The number of nitro groups is 1. The van der Waals surface area contributed by atoms with Gasteiger partial charge in [0.25, 0.3) is 5.69 Å². The summed E-state index contributed by atoms with van der Waals surface area (Å²) < 4.78 is 1.23. The van der Waals surface area contributed by atoms with Crippen LogP contribution in [0.3, 0.4) is 0 Å². The molecule has 0 unspecified atom stereocenters. The predicted molar refractivity (Wildman–Crippen MR) is 67.8 cm³/mol. The van der Waals surface area contributed by atoms with Crippen molar-refractivity contribution in [3.8, 4) is 5.69 Å². The summed E-state index contributed by atoms with van der Waals surface area (Å²) in [5, 5.41) is 14.8. The van der Waals surface area contributed by atoms with Crippen LogP contribution < -0.4 is 0 Å². The molecule has 0 N–H and O–H groups in total. The van der Waals surface area contributed by atoms with Crippen molar-refractivity contribution < 1.29 is 9.72 Å². The van der Waals surface area contributed by atoms with E-state index in [0.717, 1.165) is 6.07 Å². The highest BCUT2D eigenvalue weighted by molar-refractivity contribution is 6.55. The highest BCUT2D eigenvalue weighted by atomic mass is 35.5. The highest BCUT2D eigenvalue weighted by Crippen LogP contribution is 2.25.